The number of nitro groups is 1. The largest absolute Gasteiger partial charge is 0.292 e. The topological polar surface area (TPSA) is 99.6 Å². The number of Topliss-reactive ketones (excluding diaryl/α,β-unsaturated/α-hetero) is 1. The van der Waals surface area contributed by atoms with Crippen LogP contribution in [0.25, 0.3) is 0 Å². The minimum absolute atomic E-state index is 0.0790. The molecule has 0 aliphatic carbocycles. The Morgan fingerprint density at radius 2 is 1.90 bits per heavy atom. The summed E-state index contributed by atoms with van der Waals surface area (Å²) in [5.41, 5.74) is 1.81. The van der Waals surface area contributed by atoms with Crippen LogP contribution in [0.2, 0.25) is 5.02 Å². The molecule has 1 fully saturated rings. The van der Waals surface area contributed by atoms with E-state index in [2.05, 4.69) is 11.2 Å². The standard InChI is InChI=1S/C21H15ClN4O3/c22-16-5-1-13(2-6-16)18-9-10-19-15(12-23)11-20(25(19)24-18)21(27)14-3-7-17(8-4-14)26(28)29/h1-10,15,19-20H,11H2. The number of nitriles is 1. The molecule has 0 spiro atoms. The molecule has 0 saturated carbocycles. The smallest absolute Gasteiger partial charge is 0.269 e. The number of ketones is 1. The van der Waals surface area contributed by atoms with Gasteiger partial charge in [0.15, 0.2) is 5.78 Å². The summed E-state index contributed by atoms with van der Waals surface area (Å²) in [6.45, 7) is 0. The lowest BCUT2D eigenvalue weighted by Crippen LogP contribution is -2.39. The predicted octanol–water partition coefficient (Wildman–Crippen LogP) is 3.99. The molecule has 144 valence electrons. The molecular formula is C21H15ClN4O3. The summed E-state index contributed by atoms with van der Waals surface area (Å²) < 4.78 is 0. The molecule has 2 aromatic carbocycles. The van der Waals surface area contributed by atoms with Crippen LogP contribution >= 0.6 is 11.6 Å². The fourth-order valence-corrected chi connectivity index (χ4v) is 3.78. The highest BCUT2D eigenvalue weighted by atomic mass is 35.5. The summed E-state index contributed by atoms with van der Waals surface area (Å²) in [7, 11) is 0. The van der Waals surface area contributed by atoms with Crippen molar-refractivity contribution in [3.63, 3.8) is 0 Å². The Bertz CT molecular complexity index is 1070. The molecule has 2 heterocycles. The minimum atomic E-state index is -0.613. The quantitative estimate of drug-likeness (QED) is 0.434. The van der Waals surface area contributed by atoms with Crippen LogP contribution in [0.5, 0.6) is 0 Å². The first-order valence-electron chi connectivity index (χ1n) is 8.97. The van der Waals surface area contributed by atoms with Crippen molar-refractivity contribution in [2.75, 3.05) is 0 Å². The Hall–Kier alpha value is -3.50. The Labute approximate surface area is 171 Å². The highest BCUT2D eigenvalue weighted by Gasteiger charge is 2.44. The van der Waals surface area contributed by atoms with Gasteiger partial charge >= 0.3 is 0 Å². The second-order valence-electron chi connectivity index (χ2n) is 6.88. The molecule has 0 N–H and O–H groups in total. The molecule has 2 aliphatic rings. The van der Waals surface area contributed by atoms with Gasteiger partial charge in [0.25, 0.3) is 5.69 Å². The van der Waals surface area contributed by atoms with Crippen molar-refractivity contribution in [1.29, 1.82) is 5.26 Å². The highest BCUT2D eigenvalue weighted by Crippen LogP contribution is 2.35. The normalized spacial score (nSPS) is 22.6. The van der Waals surface area contributed by atoms with E-state index in [1.54, 1.807) is 17.1 Å². The molecule has 0 bridgehead atoms. The predicted molar refractivity (Wildman–Crippen MR) is 108 cm³/mol. The van der Waals surface area contributed by atoms with Crippen molar-refractivity contribution in [3.05, 3.63) is 86.9 Å². The number of nitrogens with zero attached hydrogens (tertiary/aromatic N) is 4. The van der Waals surface area contributed by atoms with E-state index in [4.69, 9.17) is 11.6 Å². The maximum atomic E-state index is 13.1. The average molecular weight is 407 g/mol. The molecule has 2 aliphatic heterocycles. The van der Waals surface area contributed by atoms with E-state index >= 15 is 0 Å². The van der Waals surface area contributed by atoms with Gasteiger partial charge in [-0.05, 0) is 36.8 Å². The van der Waals surface area contributed by atoms with Crippen molar-refractivity contribution in [2.24, 2.45) is 11.0 Å². The molecule has 2 aromatic rings. The lowest BCUT2D eigenvalue weighted by Gasteiger charge is -2.29. The van der Waals surface area contributed by atoms with E-state index in [0.717, 1.165) is 5.56 Å². The number of rotatable bonds is 4. The van der Waals surface area contributed by atoms with Crippen molar-refractivity contribution < 1.29 is 9.72 Å². The van der Waals surface area contributed by atoms with Crippen LogP contribution in [-0.4, -0.2) is 33.5 Å². The van der Waals surface area contributed by atoms with Crippen molar-refractivity contribution in [1.82, 2.24) is 5.01 Å². The lowest BCUT2D eigenvalue weighted by molar-refractivity contribution is -0.384. The van der Waals surface area contributed by atoms with Crippen LogP contribution in [0, 0.1) is 27.4 Å². The Balaban J connectivity index is 1.65. The first kappa shape index (κ1) is 18.8. The molecule has 0 aromatic heterocycles. The van der Waals surface area contributed by atoms with Gasteiger partial charge in [0.2, 0.25) is 0 Å². The first-order valence-corrected chi connectivity index (χ1v) is 9.35. The number of halogens is 1. The number of non-ortho nitro benzene ring substituents is 1. The van der Waals surface area contributed by atoms with Gasteiger partial charge in [-0.3, -0.25) is 19.9 Å². The number of carbonyl (C=O) groups excluding carboxylic acids is 1. The number of hydrazone groups is 1. The summed E-state index contributed by atoms with van der Waals surface area (Å²) in [4.78, 5) is 23.4. The minimum Gasteiger partial charge on any atom is -0.292 e. The second kappa shape index (κ2) is 7.49. The van der Waals surface area contributed by atoms with Crippen LogP contribution in [0.3, 0.4) is 0 Å². The van der Waals surface area contributed by atoms with Crippen LogP contribution < -0.4 is 0 Å². The van der Waals surface area contributed by atoms with E-state index in [-0.39, 0.29) is 23.4 Å². The van der Waals surface area contributed by atoms with E-state index in [0.29, 0.717) is 22.7 Å². The molecule has 3 atom stereocenters. The molecule has 1 saturated heterocycles. The second-order valence-corrected chi connectivity index (χ2v) is 7.31. The zero-order valence-electron chi connectivity index (χ0n) is 15.1. The van der Waals surface area contributed by atoms with Gasteiger partial charge in [0.1, 0.15) is 6.04 Å². The fourth-order valence-electron chi connectivity index (χ4n) is 3.66. The number of hydrogen-bond acceptors (Lipinski definition) is 6. The number of fused-ring (bicyclic) bond motifs is 1. The summed E-state index contributed by atoms with van der Waals surface area (Å²) in [5.74, 6) is -0.578. The fraction of sp³-hybridized carbons (Fsp3) is 0.190. The van der Waals surface area contributed by atoms with E-state index < -0.39 is 11.0 Å². The van der Waals surface area contributed by atoms with Crippen LogP contribution in [0.15, 0.2) is 65.8 Å². The van der Waals surface area contributed by atoms with Crippen molar-refractivity contribution >= 4 is 28.8 Å². The molecule has 7 nitrogen and oxygen atoms in total. The molecule has 0 amide bonds. The SMILES string of the molecule is N#CC1CC(C(=O)c2ccc([N+](=O)[O-])cc2)N2N=C(c3ccc(Cl)cc3)C=CC12. The lowest BCUT2D eigenvalue weighted by atomic mass is 9.96. The summed E-state index contributed by atoms with van der Waals surface area (Å²) in [6, 6.07) is 14.1. The zero-order valence-corrected chi connectivity index (χ0v) is 15.9. The van der Waals surface area contributed by atoms with Crippen LogP contribution in [0.1, 0.15) is 22.3 Å². The monoisotopic (exact) mass is 406 g/mol. The van der Waals surface area contributed by atoms with Gasteiger partial charge in [-0.2, -0.15) is 10.4 Å². The van der Waals surface area contributed by atoms with E-state index in [9.17, 15) is 20.2 Å². The van der Waals surface area contributed by atoms with Gasteiger partial charge < -0.3 is 0 Å². The van der Waals surface area contributed by atoms with E-state index in [1.165, 1.54) is 24.3 Å². The number of carbonyl (C=O) groups is 1. The van der Waals surface area contributed by atoms with Gasteiger partial charge in [-0.15, -0.1) is 0 Å². The van der Waals surface area contributed by atoms with Crippen molar-refractivity contribution in [2.45, 2.75) is 18.5 Å². The third-order valence-electron chi connectivity index (χ3n) is 5.16. The molecule has 29 heavy (non-hydrogen) atoms. The third-order valence-corrected chi connectivity index (χ3v) is 5.41. The zero-order chi connectivity index (χ0) is 20.5. The molecule has 8 heteroatoms. The van der Waals surface area contributed by atoms with Gasteiger partial charge in [-0.25, -0.2) is 0 Å². The number of benzene rings is 2. The van der Waals surface area contributed by atoms with Crippen LogP contribution in [-0.2, 0) is 0 Å². The van der Waals surface area contributed by atoms with Gasteiger partial charge in [0.05, 0.1) is 28.7 Å². The third kappa shape index (κ3) is 3.50. The average Bonchev–Trinajstić information content (AvgIpc) is 3.12. The number of allylic oxidation sites excluding steroid dienone is 1. The maximum absolute atomic E-state index is 13.1. The summed E-state index contributed by atoms with van der Waals surface area (Å²) in [6.07, 6.45) is 4.10. The maximum Gasteiger partial charge on any atom is 0.269 e. The Morgan fingerprint density at radius 3 is 2.52 bits per heavy atom. The Morgan fingerprint density at radius 1 is 1.21 bits per heavy atom. The first-order chi connectivity index (χ1) is 14.0. The number of nitro benzene ring substituents is 1. The number of hydrogen-bond donors (Lipinski definition) is 0. The highest BCUT2D eigenvalue weighted by molar-refractivity contribution is 6.30. The molecule has 0 radical (unpaired) electrons. The summed E-state index contributed by atoms with van der Waals surface area (Å²) >= 11 is 5.95. The molecular weight excluding hydrogens is 392 g/mol. The molecule has 4 rings (SSSR count). The Kier molecular flexibility index (Phi) is 4.87. The van der Waals surface area contributed by atoms with Gasteiger partial charge in [-0.1, -0.05) is 29.8 Å². The van der Waals surface area contributed by atoms with Crippen LogP contribution in [0.4, 0.5) is 5.69 Å². The van der Waals surface area contributed by atoms with Gasteiger partial charge in [0, 0.05) is 28.3 Å². The van der Waals surface area contributed by atoms with Crippen molar-refractivity contribution in [3.8, 4) is 6.07 Å². The summed E-state index contributed by atoms with van der Waals surface area (Å²) in [5, 5.41) is 27.3. The molecule has 3 unspecified atom stereocenters. The van der Waals surface area contributed by atoms with E-state index in [1.807, 2.05) is 24.3 Å².